The van der Waals surface area contributed by atoms with E-state index in [1.807, 2.05) is 31.2 Å². The van der Waals surface area contributed by atoms with Gasteiger partial charge in [0.25, 0.3) is 0 Å². The van der Waals surface area contributed by atoms with Gasteiger partial charge >= 0.3 is 6.18 Å². The first-order valence-corrected chi connectivity index (χ1v) is 24.9. The van der Waals surface area contributed by atoms with E-state index >= 15 is 13.2 Å². The highest BCUT2D eigenvalue weighted by molar-refractivity contribution is 7.80. The second-order valence-corrected chi connectivity index (χ2v) is 20.9. The molecule has 4 atom stereocenters. The number of ether oxygens (including phenoxy) is 2. The third-order valence-electron chi connectivity index (χ3n) is 12.8. The number of pyridine rings is 1. The number of hydrogen-bond donors (Lipinski definition) is 4. The Kier molecular flexibility index (Phi) is 16.9. The Labute approximate surface area is 438 Å². The maximum absolute atomic E-state index is 15.5. The summed E-state index contributed by atoms with van der Waals surface area (Å²) in [5.74, 6) is -6.07. The van der Waals surface area contributed by atoms with Crippen LogP contribution in [-0.2, 0) is 31.8 Å². The number of benzene rings is 3. The molecular weight excluding hydrogens is 1030 g/mol. The van der Waals surface area contributed by atoms with Crippen molar-refractivity contribution in [3.05, 3.63) is 112 Å². The number of nitrogens with one attached hydrogen (secondary N) is 2. The molecule has 4 heterocycles. The lowest BCUT2D eigenvalue weighted by Gasteiger charge is -2.35. The number of aliphatic hydroxyl groups is 2. The first-order chi connectivity index (χ1) is 35.3. The van der Waals surface area contributed by atoms with Gasteiger partial charge in [-0.1, -0.05) is 45.0 Å². The zero-order valence-corrected chi connectivity index (χ0v) is 43.2. The summed E-state index contributed by atoms with van der Waals surface area (Å²) in [7, 11) is 0. The molecule has 2 aliphatic rings. The van der Waals surface area contributed by atoms with Crippen LogP contribution in [0.2, 0.25) is 0 Å². The molecule has 0 radical (unpaired) electrons. The molecule has 7 rings (SSSR count). The number of rotatable bonds is 17. The Bertz CT molecular complexity index is 2960. The second-order valence-electron chi connectivity index (χ2n) is 19.7. The summed E-state index contributed by atoms with van der Waals surface area (Å²) in [6, 6.07) is 13.5. The van der Waals surface area contributed by atoms with E-state index in [2.05, 4.69) is 20.6 Å². The molecule has 2 aliphatic heterocycles. The molecule has 0 aliphatic carbocycles. The number of β-amino-alcohol motifs (C(OH)–C–C–N with tert-alkyl or cyclic N) is 1. The molecule has 0 bridgehead atoms. The molecule has 0 saturated carbocycles. The molecule has 2 aromatic heterocycles. The van der Waals surface area contributed by atoms with Crippen molar-refractivity contribution in [2.24, 2.45) is 5.41 Å². The number of anilines is 2. The number of unbranched alkanes of at least 4 members (excludes halogenated alkanes) is 1. The van der Waals surface area contributed by atoms with Crippen LogP contribution in [0.4, 0.5) is 37.7 Å². The number of carbonyl (C=O) groups is 3. The molecule has 75 heavy (non-hydrogen) atoms. The topological polar surface area (TPSA) is 193 Å². The van der Waals surface area contributed by atoms with Crippen molar-refractivity contribution in [3.8, 4) is 33.5 Å². The molecule has 3 aromatic carbocycles. The normalized spacial score (nSPS) is 18.0. The monoisotopic (exact) mass is 1080 g/mol. The predicted molar refractivity (Wildman–Crippen MR) is 271 cm³/mol. The van der Waals surface area contributed by atoms with Gasteiger partial charge in [0, 0.05) is 31.7 Å². The predicted octanol–water partition coefficient (Wildman–Crippen LogP) is 8.18. The Balaban J connectivity index is 0.875. The number of thiazole rings is 1. The Morgan fingerprint density at radius 3 is 2.25 bits per heavy atom. The largest absolute Gasteiger partial charge is 0.488 e. The van der Waals surface area contributed by atoms with Crippen LogP contribution in [-0.4, -0.2) is 104 Å². The fraction of sp³-hybridized carbons (Fsp3) is 0.404. The lowest BCUT2D eigenvalue weighted by Crippen LogP contribution is -2.58. The van der Waals surface area contributed by atoms with Gasteiger partial charge in [-0.25, -0.2) is 18.2 Å². The van der Waals surface area contributed by atoms with Crippen molar-refractivity contribution >= 4 is 57.8 Å². The number of hydrogen-bond acceptors (Lipinski definition) is 12. The number of likely N-dealkylation sites (tertiary alicyclic amines) is 1. The summed E-state index contributed by atoms with van der Waals surface area (Å²) in [6.45, 7) is 9.85. The molecule has 0 spiro atoms. The average Bonchev–Trinajstić information content (AvgIpc) is 4.01. The number of aliphatic hydroxyl groups excluding tert-OH is 2. The smallest absolute Gasteiger partial charge is 0.420 e. The molecule has 5 aromatic rings. The third-order valence-corrected chi connectivity index (χ3v) is 14.2. The summed E-state index contributed by atoms with van der Waals surface area (Å²) in [4.78, 5) is 53.6. The maximum atomic E-state index is 15.5. The summed E-state index contributed by atoms with van der Waals surface area (Å²) < 4.78 is 98.5. The molecule has 3 amide bonds. The minimum atomic E-state index is -5.23. The van der Waals surface area contributed by atoms with Crippen molar-refractivity contribution in [3.63, 3.8) is 0 Å². The van der Waals surface area contributed by atoms with Crippen molar-refractivity contribution < 1.29 is 60.4 Å². The lowest BCUT2D eigenvalue weighted by molar-refractivity contribution is -0.144. The van der Waals surface area contributed by atoms with E-state index in [9.17, 15) is 43.0 Å². The molecule has 398 valence electrons. The first kappa shape index (κ1) is 56.0. The van der Waals surface area contributed by atoms with Gasteiger partial charge in [-0.15, -0.1) is 11.3 Å². The number of amides is 3. The number of halogens is 6. The number of carbonyl (C=O) groups excluding carboxylic acids is 3. The number of alkyl halides is 3. The lowest BCUT2D eigenvalue weighted by atomic mass is 9.85. The fourth-order valence-electron chi connectivity index (χ4n) is 8.85. The van der Waals surface area contributed by atoms with Crippen molar-refractivity contribution in [1.82, 2.24) is 25.5 Å². The van der Waals surface area contributed by atoms with Gasteiger partial charge in [0.2, 0.25) is 17.7 Å². The minimum Gasteiger partial charge on any atom is -0.488 e. The Morgan fingerprint density at radius 2 is 1.65 bits per heavy atom. The van der Waals surface area contributed by atoms with Gasteiger partial charge in [0.1, 0.15) is 24.3 Å². The SMILES string of the molecule is Cc1ncsc1-c1ccc(CNC(=O)[C@@H]2C[C@@H](O)CN2C(=O)[C@@H](NC(=O)COCCCCOc2c(F)cc(-c3ccc(N4C(=S)N(c5ccc(C#N)c(C(F)(F)F)c5F)C(O)C4(C)C)cn3)cc2F)C(C)(C)C)cc1. The fourth-order valence-corrected chi connectivity index (χ4v) is 10.2. The Hall–Kier alpha value is -6.71. The standard InChI is InChI=1S/C52H54F6N8O7S2/c1-28-44(75-27-62-28)30-11-9-29(10-12-30)23-61-46(69)39-21-34(67)25-64(39)47(70)45(50(2,3)4)63-40(68)26-72-17-7-8-18-73-43-35(53)19-32(20-36(43)54)37-15-14-33(24-60-37)66-49(74)65(48(71)51(66,5)6)38-16-13-31(22-59)41(42(38)55)52(56,57)58/h9-16,19-20,24,27,34,39,45,48,67,71H,7-8,17-18,21,23,25-26H2,1-6H3,(H,61,69)(H,63,68)/t34-,39+,45-,48?/m1/s1. The summed E-state index contributed by atoms with van der Waals surface area (Å²) >= 11 is 7.07. The van der Waals surface area contributed by atoms with E-state index in [4.69, 9.17) is 21.7 Å². The summed E-state index contributed by atoms with van der Waals surface area (Å²) in [6.07, 6.45) is -5.96. The molecule has 2 saturated heterocycles. The van der Waals surface area contributed by atoms with Gasteiger partial charge in [-0.3, -0.25) is 24.3 Å². The summed E-state index contributed by atoms with van der Waals surface area (Å²) in [5.41, 5.74) is -0.739. The van der Waals surface area contributed by atoms with E-state index in [1.165, 1.54) is 59.4 Å². The van der Waals surface area contributed by atoms with E-state index in [0.717, 1.165) is 50.9 Å². The second kappa shape index (κ2) is 22.6. The van der Waals surface area contributed by atoms with Crippen molar-refractivity contribution in [2.45, 2.75) is 103 Å². The van der Waals surface area contributed by atoms with Crippen LogP contribution < -0.4 is 25.2 Å². The molecule has 2 fully saturated rings. The zero-order chi connectivity index (χ0) is 54.7. The van der Waals surface area contributed by atoms with Gasteiger partial charge in [0.15, 0.2) is 34.5 Å². The number of aryl methyl sites for hydroxylation is 1. The molecule has 4 N–H and O–H groups in total. The zero-order valence-electron chi connectivity index (χ0n) is 41.6. The minimum absolute atomic E-state index is 0.0230. The first-order valence-electron chi connectivity index (χ1n) is 23.7. The average molecular weight is 1080 g/mol. The highest BCUT2D eigenvalue weighted by Gasteiger charge is 2.52. The molecule has 1 unspecified atom stereocenters. The molecular formula is C52H54F6N8O7S2. The van der Waals surface area contributed by atoms with Gasteiger partial charge in [-0.2, -0.15) is 18.4 Å². The maximum Gasteiger partial charge on any atom is 0.420 e. The number of aromatic nitrogens is 2. The van der Waals surface area contributed by atoms with Crippen LogP contribution in [0.5, 0.6) is 5.75 Å². The quantitative estimate of drug-likeness (QED) is 0.0396. The van der Waals surface area contributed by atoms with E-state index in [1.54, 1.807) is 26.3 Å². The van der Waals surface area contributed by atoms with Gasteiger partial charge < -0.3 is 40.1 Å². The highest BCUT2D eigenvalue weighted by atomic mass is 32.1. The van der Waals surface area contributed by atoms with Crippen LogP contribution in [0.3, 0.4) is 0 Å². The van der Waals surface area contributed by atoms with Crippen LogP contribution in [0, 0.1) is 41.1 Å². The van der Waals surface area contributed by atoms with Crippen molar-refractivity contribution in [2.75, 3.05) is 36.2 Å². The summed E-state index contributed by atoms with van der Waals surface area (Å²) in [5, 5.41) is 36.3. The Morgan fingerprint density at radius 1 is 0.973 bits per heavy atom. The van der Waals surface area contributed by atoms with E-state index in [0.29, 0.717) is 6.42 Å². The van der Waals surface area contributed by atoms with E-state index in [-0.39, 0.29) is 61.2 Å². The number of nitriles is 1. The van der Waals surface area contributed by atoms with Crippen molar-refractivity contribution in [1.29, 1.82) is 5.26 Å². The highest BCUT2D eigenvalue weighted by Crippen LogP contribution is 2.44. The van der Waals surface area contributed by atoms with Crippen LogP contribution in [0.25, 0.3) is 21.7 Å². The van der Waals surface area contributed by atoms with Gasteiger partial charge in [-0.05, 0) is 98.8 Å². The van der Waals surface area contributed by atoms with Crippen LogP contribution in [0.15, 0.2) is 72.4 Å². The van der Waals surface area contributed by atoms with Gasteiger partial charge in [0.05, 0.1) is 69.2 Å². The van der Waals surface area contributed by atoms with E-state index < -0.39 is 106 Å². The van der Waals surface area contributed by atoms with Crippen LogP contribution >= 0.6 is 23.6 Å². The molecule has 23 heteroatoms. The number of nitrogens with zero attached hydrogens (tertiary/aromatic N) is 6. The van der Waals surface area contributed by atoms with Crippen LogP contribution in [0.1, 0.15) is 76.3 Å². The third kappa shape index (κ3) is 12.2. The molecule has 15 nitrogen and oxygen atoms in total. The number of thiocarbonyl (C=S) groups is 1.